The second kappa shape index (κ2) is 9.15. The van der Waals surface area contributed by atoms with Gasteiger partial charge in [0, 0.05) is 29.8 Å². The van der Waals surface area contributed by atoms with E-state index in [0.717, 1.165) is 0 Å². The zero-order chi connectivity index (χ0) is 23.7. The second-order valence-corrected chi connectivity index (χ2v) is 8.19. The Kier molecular flexibility index (Phi) is 6.29. The first-order valence-electron chi connectivity index (χ1n) is 10.4. The van der Waals surface area contributed by atoms with Crippen molar-refractivity contribution in [3.63, 3.8) is 0 Å². The maximum Gasteiger partial charge on any atom is 0.340 e. The lowest BCUT2D eigenvalue weighted by molar-refractivity contribution is -0.149. The van der Waals surface area contributed by atoms with Gasteiger partial charge in [0.15, 0.2) is 18.2 Å². The van der Waals surface area contributed by atoms with Gasteiger partial charge in [-0.25, -0.2) is 4.79 Å². The van der Waals surface area contributed by atoms with Crippen LogP contribution in [0.1, 0.15) is 55.0 Å². The summed E-state index contributed by atoms with van der Waals surface area (Å²) in [5.74, 6) is -2.63. The first kappa shape index (κ1) is 22.7. The van der Waals surface area contributed by atoms with Crippen molar-refractivity contribution in [3.05, 3.63) is 69.2 Å². The van der Waals surface area contributed by atoms with E-state index in [9.17, 15) is 24.0 Å². The minimum absolute atomic E-state index is 0.0500. The average molecular weight is 470 g/mol. The van der Waals surface area contributed by atoms with Gasteiger partial charge in [0.25, 0.3) is 5.91 Å². The Morgan fingerprint density at radius 3 is 2.24 bits per heavy atom. The lowest BCUT2D eigenvalue weighted by atomic mass is 9.83. The van der Waals surface area contributed by atoms with Crippen LogP contribution in [0.5, 0.6) is 0 Å². The van der Waals surface area contributed by atoms with Crippen molar-refractivity contribution < 1.29 is 33.4 Å². The monoisotopic (exact) mass is 469 g/mol. The first-order valence-corrected chi connectivity index (χ1v) is 10.7. The molecular weight excluding hydrogens is 450 g/mol. The number of hydrogen-bond donors (Lipinski definition) is 0. The van der Waals surface area contributed by atoms with Gasteiger partial charge in [-0.05, 0) is 25.0 Å². The van der Waals surface area contributed by atoms with E-state index in [1.807, 2.05) is 0 Å². The minimum atomic E-state index is -0.875. The molecule has 0 radical (unpaired) electrons. The quantitative estimate of drug-likeness (QED) is 0.540. The fourth-order valence-electron chi connectivity index (χ4n) is 4.13. The van der Waals surface area contributed by atoms with Gasteiger partial charge < -0.3 is 14.4 Å². The van der Waals surface area contributed by atoms with Crippen LogP contribution in [0, 0.1) is 5.92 Å². The first-order chi connectivity index (χ1) is 15.8. The lowest BCUT2D eigenvalue weighted by Gasteiger charge is -2.30. The van der Waals surface area contributed by atoms with E-state index >= 15 is 0 Å². The van der Waals surface area contributed by atoms with Crippen LogP contribution in [-0.2, 0) is 19.1 Å². The van der Waals surface area contributed by atoms with Gasteiger partial charge in [0.05, 0.1) is 29.2 Å². The summed E-state index contributed by atoms with van der Waals surface area (Å²) in [7, 11) is 1.33. The van der Waals surface area contributed by atoms with Crippen LogP contribution < -0.4 is 0 Å². The third kappa shape index (κ3) is 4.14. The summed E-state index contributed by atoms with van der Waals surface area (Å²) in [6, 6.07) is 9.08. The molecule has 1 aliphatic heterocycles. The van der Waals surface area contributed by atoms with E-state index in [0.29, 0.717) is 25.9 Å². The van der Waals surface area contributed by atoms with Crippen molar-refractivity contribution >= 4 is 41.0 Å². The molecule has 170 valence electrons. The molecule has 0 N–H and O–H groups in total. The normalized spacial score (nSPS) is 15.5. The number of esters is 2. The van der Waals surface area contributed by atoms with E-state index in [1.54, 1.807) is 18.2 Å². The van der Waals surface area contributed by atoms with Gasteiger partial charge in [0.1, 0.15) is 0 Å². The molecule has 9 heteroatoms. The number of fused-ring (bicyclic) bond motifs is 2. The lowest BCUT2D eigenvalue weighted by Crippen LogP contribution is -2.42. The van der Waals surface area contributed by atoms with Crippen LogP contribution in [0.2, 0.25) is 5.02 Å². The average Bonchev–Trinajstić information content (AvgIpc) is 2.85. The fraction of sp³-hybridized carbons (Fsp3) is 0.292. The fourth-order valence-corrected chi connectivity index (χ4v) is 4.46. The SMILES string of the molecule is COC(=O)C1CCN(C(=O)COC(=O)c2ccc3c(c2Cl)C(=O)c2ccccc2C3=O)CC1. The minimum Gasteiger partial charge on any atom is -0.469 e. The number of benzene rings is 2. The van der Waals surface area contributed by atoms with E-state index in [1.165, 1.54) is 30.2 Å². The van der Waals surface area contributed by atoms with Crippen LogP contribution in [-0.4, -0.2) is 61.1 Å². The van der Waals surface area contributed by atoms with Crippen molar-refractivity contribution in [2.24, 2.45) is 5.92 Å². The van der Waals surface area contributed by atoms with Crippen LogP contribution in [0.3, 0.4) is 0 Å². The highest BCUT2D eigenvalue weighted by Gasteiger charge is 2.34. The Morgan fingerprint density at radius 2 is 1.61 bits per heavy atom. The molecule has 0 bridgehead atoms. The topological polar surface area (TPSA) is 107 Å². The second-order valence-electron chi connectivity index (χ2n) is 7.81. The summed E-state index contributed by atoms with van der Waals surface area (Å²) in [6.07, 6.45) is 0.946. The van der Waals surface area contributed by atoms with Crippen LogP contribution in [0.25, 0.3) is 0 Å². The molecule has 0 aromatic heterocycles. The molecule has 0 spiro atoms. The summed E-state index contributed by atoms with van der Waals surface area (Å²) in [5, 5.41) is -0.184. The Bertz CT molecular complexity index is 1180. The van der Waals surface area contributed by atoms with E-state index in [4.69, 9.17) is 21.1 Å². The highest BCUT2D eigenvalue weighted by molar-refractivity contribution is 6.41. The highest BCUT2D eigenvalue weighted by Crippen LogP contribution is 2.34. The maximum atomic E-state index is 12.9. The summed E-state index contributed by atoms with van der Waals surface area (Å²) >= 11 is 6.36. The van der Waals surface area contributed by atoms with Gasteiger partial charge in [-0.3, -0.25) is 19.2 Å². The third-order valence-corrected chi connectivity index (χ3v) is 6.35. The summed E-state index contributed by atoms with van der Waals surface area (Å²) in [5.41, 5.74) is 0.458. The summed E-state index contributed by atoms with van der Waals surface area (Å²) in [4.78, 5) is 63.9. The number of ketones is 2. The number of rotatable bonds is 4. The van der Waals surface area contributed by atoms with Crippen molar-refractivity contribution in [3.8, 4) is 0 Å². The zero-order valence-electron chi connectivity index (χ0n) is 17.8. The molecule has 1 aliphatic carbocycles. The number of nitrogens with zero attached hydrogens (tertiary/aromatic N) is 1. The Hall–Kier alpha value is -3.52. The van der Waals surface area contributed by atoms with Crippen molar-refractivity contribution in [2.75, 3.05) is 26.8 Å². The van der Waals surface area contributed by atoms with Gasteiger partial charge in [-0.1, -0.05) is 35.9 Å². The van der Waals surface area contributed by atoms with Gasteiger partial charge >= 0.3 is 11.9 Å². The molecule has 4 rings (SSSR count). The van der Waals surface area contributed by atoms with E-state index in [2.05, 4.69) is 0 Å². The van der Waals surface area contributed by atoms with Gasteiger partial charge in [0.2, 0.25) is 0 Å². The predicted octanol–water partition coefficient (Wildman–Crippen LogP) is 2.68. The van der Waals surface area contributed by atoms with Gasteiger partial charge in [-0.15, -0.1) is 0 Å². The Labute approximate surface area is 194 Å². The molecule has 0 unspecified atom stereocenters. The number of ether oxygens (including phenoxy) is 2. The number of likely N-dealkylation sites (tertiary alicyclic amines) is 1. The standard InChI is InChI=1S/C24H20ClNO7/c1-32-23(30)13-8-10-26(11-9-13)18(27)12-33-24(31)17-7-6-16-19(20(17)25)22(29)15-5-3-2-4-14(15)21(16)28/h2-7,13H,8-12H2,1H3. The van der Waals surface area contributed by atoms with Crippen molar-refractivity contribution in [2.45, 2.75) is 12.8 Å². The molecule has 0 saturated carbocycles. The largest absolute Gasteiger partial charge is 0.469 e. The number of methoxy groups -OCH3 is 1. The number of carbonyl (C=O) groups excluding carboxylic acids is 5. The summed E-state index contributed by atoms with van der Waals surface area (Å²) < 4.78 is 9.87. The molecule has 2 aromatic carbocycles. The highest BCUT2D eigenvalue weighted by atomic mass is 35.5. The molecule has 1 amide bonds. The number of carbonyl (C=O) groups is 5. The van der Waals surface area contributed by atoms with Gasteiger partial charge in [-0.2, -0.15) is 0 Å². The van der Waals surface area contributed by atoms with Crippen LogP contribution in [0.15, 0.2) is 36.4 Å². The van der Waals surface area contributed by atoms with Crippen molar-refractivity contribution in [1.29, 1.82) is 0 Å². The van der Waals surface area contributed by atoms with E-state index in [-0.39, 0.29) is 50.5 Å². The smallest absolute Gasteiger partial charge is 0.340 e. The Morgan fingerprint density at radius 1 is 0.970 bits per heavy atom. The number of hydrogen-bond acceptors (Lipinski definition) is 7. The van der Waals surface area contributed by atoms with Crippen molar-refractivity contribution in [1.82, 2.24) is 4.90 Å². The van der Waals surface area contributed by atoms with E-state index < -0.39 is 24.3 Å². The Balaban J connectivity index is 1.45. The molecule has 2 aliphatic rings. The number of halogens is 1. The predicted molar refractivity (Wildman–Crippen MR) is 116 cm³/mol. The molecule has 1 heterocycles. The molecule has 2 aromatic rings. The molecule has 33 heavy (non-hydrogen) atoms. The molecule has 1 saturated heterocycles. The number of piperidine rings is 1. The zero-order valence-corrected chi connectivity index (χ0v) is 18.5. The third-order valence-electron chi connectivity index (χ3n) is 5.96. The summed E-state index contributed by atoms with van der Waals surface area (Å²) in [6.45, 7) is 0.197. The van der Waals surface area contributed by atoms with Crippen LogP contribution in [0.4, 0.5) is 0 Å². The number of amides is 1. The molecule has 1 fully saturated rings. The van der Waals surface area contributed by atoms with Crippen LogP contribution >= 0.6 is 11.6 Å². The molecular formula is C24H20ClNO7. The molecule has 8 nitrogen and oxygen atoms in total. The molecule has 0 atom stereocenters. The maximum absolute atomic E-state index is 12.9.